The van der Waals surface area contributed by atoms with E-state index in [0.29, 0.717) is 24.6 Å². The van der Waals surface area contributed by atoms with Crippen molar-refractivity contribution in [2.45, 2.75) is 50.0 Å². The van der Waals surface area contributed by atoms with Crippen LogP contribution >= 0.6 is 0 Å². The molecule has 6 nitrogen and oxygen atoms in total. The number of aromatic nitrogens is 2. The number of rotatable bonds is 4. The van der Waals surface area contributed by atoms with Gasteiger partial charge < -0.3 is 14.4 Å². The summed E-state index contributed by atoms with van der Waals surface area (Å²) in [7, 11) is 1.67. The molecule has 0 saturated heterocycles. The van der Waals surface area contributed by atoms with E-state index in [1.165, 1.54) is 0 Å². The first-order chi connectivity index (χ1) is 10.2. The number of allylic oxidation sites excluding steroid dienone is 2. The lowest BCUT2D eigenvalue weighted by Gasteiger charge is -2.23. The highest BCUT2D eigenvalue weighted by Gasteiger charge is 2.42. The number of ether oxygens (including phenoxy) is 1. The van der Waals surface area contributed by atoms with Gasteiger partial charge in [-0.3, -0.25) is 4.79 Å². The number of aliphatic carboxylic acids is 1. The molecule has 0 radical (unpaired) electrons. The lowest BCUT2D eigenvalue weighted by atomic mass is 9.83. The first kappa shape index (κ1) is 14.3. The maximum Gasteiger partial charge on any atom is 0.307 e. The number of hydrogen-bond acceptors (Lipinski definition) is 5. The van der Waals surface area contributed by atoms with Crippen LogP contribution in [0.3, 0.4) is 0 Å². The van der Waals surface area contributed by atoms with Gasteiger partial charge in [0.1, 0.15) is 5.60 Å². The minimum Gasteiger partial charge on any atom is -0.481 e. The number of nitrogens with zero attached hydrogens (tertiary/aromatic N) is 2. The molecule has 0 bridgehead atoms. The molecule has 0 aromatic carbocycles. The van der Waals surface area contributed by atoms with Gasteiger partial charge in [-0.05, 0) is 38.5 Å². The van der Waals surface area contributed by atoms with Crippen molar-refractivity contribution in [2.75, 3.05) is 7.11 Å². The van der Waals surface area contributed by atoms with Gasteiger partial charge in [0, 0.05) is 7.11 Å². The van der Waals surface area contributed by atoms with Crippen molar-refractivity contribution in [3.8, 4) is 0 Å². The molecule has 2 aliphatic rings. The molecule has 1 N–H and O–H groups in total. The highest BCUT2D eigenvalue weighted by atomic mass is 16.5. The van der Waals surface area contributed by atoms with Gasteiger partial charge in [-0.15, -0.1) is 0 Å². The summed E-state index contributed by atoms with van der Waals surface area (Å²) in [6, 6.07) is 0. The first-order valence-electron chi connectivity index (χ1n) is 7.43. The van der Waals surface area contributed by atoms with Crippen molar-refractivity contribution in [1.82, 2.24) is 10.1 Å². The Bertz CT molecular complexity index is 546. The summed E-state index contributed by atoms with van der Waals surface area (Å²) < 4.78 is 11.0. The minimum atomic E-state index is -0.813. The molecule has 2 unspecified atom stereocenters. The van der Waals surface area contributed by atoms with Crippen molar-refractivity contribution in [3.05, 3.63) is 23.9 Å². The van der Waals surface area contributed by atoms with Gasteiger partial charge >= 0.3 is 5.97 Å². The van der Waals surface area contributed by atoms with E-state index in [9.17, 15) is 9.90 Å². The van der Waals surface area contributed by atoms with Crippen LogP contribution in [0, 0.1) is 5.92 Å². The average molecular weight is 292 g/mol. The Balaban J connectivity index is 1.87. The fourth-order valence-corrected chi connectivity index (χ4v) is 3.40. The lowest BCUT2D eigenvalue weighted by Crippen LogP contribution is -2.27. The standard InChI is InChI=1S/C15H20N2O4/c1-20-15(8-4-5-9-15)14-16-12(21-17-14)10-6-2-3-7-11(10)13(18)19/h2-3,10-11H,4-9H2,1H3,(H,18,19). The van der Waals surface area contributed by atoms with E-state index in [0.717, 1.165) is 25.7 Å². The molecule has 3 rings (SSSR count). The molecule has 2 aliphatic carbocycles. The number of carboxylic acids is 1. The number of carbonyl (C=O) groups is 1. The van der Waals surface area contributed by atoms with Crippen LogP contribution in [0.2, 0.25) is 0 Å². The largest absolute Gasteiger partial charge is 0.481 e. The Labute approximate surface area is 123 Å². The normalized spacial score (nSPS) is 27.9. The Kier molecular flexibility index (Phi) is 3.80. The Morgan fingerprint density at radius 3 is 2.76 bits per heavy atom. The zero-order chi connectivity index (χ0) is 14.9. The maximum atomic E-state index is 11.4. The van der Waals surface area contributed by atoms with E-state index in [2.05, 4.69) is 10.1 Å². The Hall–Kier alpha value is -1.69. The monoisotopic (exact) mass is 292 g/mol. The number of hydrogen-bond donors (Lipinski definition) is 1. The van der Waals surface area contributed by atoms with Crippen LogP contribution in [0.15, 0.2) is 16.7 Å². The molecular weight excluding hydrogens is 272 g/mol. The molecule has 0 amide bonds. The molecule has 2 atom stereocenters. The molecule has 1 heterocycles. The highest BCUT2D eigenvalue weighted by molar-refractivity contribution is 5.71. The lowest BCUT2D eigenvalue weighted by molar-refractivity contribution is -0.142. The maximum absolute atomic E-state index is 11.4. The molecule has 1 fully saturated rings. The molecule has 0 aliphatic heterocycles. The Morgan fingerprint density at radius 2 is 2.10 bits per heavy atom. The zero-order valence-corrected chi connectivity index (χ0v) is 12.1. The summed E-state index contributed by atoms with van der Waals surface area (Å²) in [6.07, 6.45) is 8.95. The molecule has 21 heavy (non-hydrogen) atoms. The van der Waals surface area contributed by atoms with Crippen LogP contribution in [0.5, 0.6) is 0 Å². The summed E-state index contributed by atoms with van der Waals surface area (Å²) in [4.78, 5) is 15.9. The molecular formula is C15H20N2O4. The zero-order valence-electron chi connectivity index (χ0n) is 12.1. The highest BCUT2D eigenvalue weighted by Crippen LogP contribution is 2.41. The van der Waals surface area contributed by atoms with Gasteiger partial charge in [0.15, 0.2) is 0 Å². The fraction of sp³-hybridized carbons (Fsp3) is 0.667. The summed E-state index contributed by atoms with van der Waals surface area (Å²) >= 11 is 0. The van der Waals surface area contributed by atoms with Crippen molar-refractivity contribution < 1.29 is 19.2 Å². The van der Waals surface area contributed by atoms with E-state index in [4.69, 9.17) is 9.26 Å². The van der Waals surface area contributed by atoms with Crippen LogP contribution in [0.25, 0.3) is 0 Å². The molecule has 1 aromatic heterocycles. The van der Waals surface area contributed by atoms with E-state index < -0.39 is 17.5 Å². The SMILES string of the molecule is COC1(c2noc(C3CC=CCC3C(=O)O)n2)CCCC1. The molecule has 6 heteroatoms. The second-order valence-corrected chi connectivity index (χ2v) is 5.86. The van der Waals surface area contributed by atoms with Crippen molar-refractivity contribution >= 4 is 5.97 Å². The third-order valence-electron chi connectivity index (χ3n) is 4.72. The first-order valence-corrected chi connectivity index (χ1v) is 7.43. The quantitative estimate of drug-likeness (QED) is 0.859. The van der Waals surface area contributed by atoms with Crippen molar-refractivity contribution in [3.63, 3.8) is 0 Å². The molecule has 1 saturated carbocycles. The van der Waals surface area contributed by atoms with Gasteiger partial charge in [-0.2, -0.15) is 4.98 Å². The van der Waals surface area contributed by atoms with Gasteiger partial charge in [0.2, 0.25) is 11.7 Å². The van der Waals surface area contributed by atoms with Gasteiger partial charge in [0.05, 0.1) is 11.8 Å². The van der Waals surface area contributed by atoms with Crippen LogP contribution in [0.4, 0.5) is 0 Å². The van der Waals surface area contributed by atoms with Gasteiger partial charge in [-0.1, -0.05) is 17.3 Å². The van der Waals surface area contributed by atoms with E-state index >= 15 is 0 Å². The van der Waals surface area contributed by atoms with Crippen molar-refractivity contribution in [1.29, 1.82) is 0 Å². The number of methoxy groups -OCH3 is 1. The second kappa shape index (κ2) is 5.60. The van der Waals surface area contributed by atoms with Crippen LogP contribution in [0.1, 0.15) is 56.2 Å². The van der Waals surface area contributed by atoms with Gasteiger partial charge in [0.25, 0.3) is 0 Å². The average Bonchev–Trinajstić information content (AvgIpc) is 3.17. The fourth-order valence-electron chi connectivity index (χ4n) is 3.40. The van der Waals surface area contributed by atoms with E-state index in [1.54, 1.807) is 7.11 Å². The van der Waals surface area contributed by atoms with E-state index in [1.807, 2.05) is 12.2 Å². The summed E-state index contributed by atoms with van der Waals surface area (Å²) in [5.74, 6) is -0.567. The second-order valence-electron chi connectivity index (χ2n) is 5.86. The summed E-state index contributed by atoms with van der Waals surface area (Å²) in [6.45, 7) is 0. The molecule has 114 valence electrons. The predicted octanol–water partition coefficient (Wildman–Crippen LogP) is 2.62. The van der Waals surface area contributed by atoms with Crippen molar-refractivity contribution in [2.24, 2.45) is 5.92 Å². The van der Waals surface area contributed by atoms with Crippen LogP contribution < -0.4 is 0 Å². The third-order valence-corrected chi connectivity index (χ3v) is 4.72. The molecule has 1 aromatic rings. The summed E-state index contributed by atoms with van der Waals surface area (Å²) in [5, 5.41) is 13.4. The molecule has 0 spiro atoms. The summed E-state index contributed by atoms with van der Waals surface area (Å²) in [5.41, 5.74) is -0.453. The topological polar surface area (TPSA) is 85.5 Å². The van der Waals surface area contributed by atoms with E-state index in [-0.39, 0.29) is 5.92 Å². The smallest absolute Gasteiger partial charge is 0.307 e. The predicted molar refractivity (Wildman–Crippen MR) is 73.7 cm³/mol. The van der Waals surface area contributed by atoms with Crippen LogP contribution in [-0.2, 0) is 15.1 Å². The van der Waals surface area contributed by atoms with Crippen LogP contribution in [-0.4, -0.2) is 28.3 Å². The Morgan fingerprint density at radius 1 is 1.38 bits per heavy atom. The number of carboxylic acid groups (broad SMARTS) is 1. The minimum absolute atomic E-state index is 0.246. The third kappa shape index (κ3) is 2.48. The van der Waals surface area contributed by atoms with Gasteiger partial charge in [-0.25, -0.2) is 0 Å².